The van der Waals surface area contributed by atoms with E-state index < -0.39 is 11.7 Å². The summed E-state index contributed by atoms with van der Waals surface area (Å²) in [5.41, 5.74) is 1.44. The van der Waals surface area contributed by atoms with Crippen molar-refractivity contribution in [1.29, 1.82) is 0 Å². The predicted molar refractivity (Wildman–Crippen MR) is 86.7 cm³/mol. The topological polar surface area (TPSA) is 28.2 Å². The molecule has 6 heteroatoms. The predicted octanol–water partition coefficient (Wildman–Crippen LogP) is 3.42. The minimum Gasteiger partial charge on any atom is -0.370 e. The summed E-state index contributed by atoms with van der Waals surface area (Å²) in [4.78, 5) is 6.70. The van der Waals surface area contributed by atoms with Crippen LogP contribution in [0.25, 0.3) is 11.3 Å². The first kappa shape index (κ1) is 15.4. The van der Waals surface area contributed by atoms with Crippen LogP contribution in [0, 0.1) is 11.8 Å². The van der Waals surface area contributed by atoms with Gasteiger partial charge in [0.05, 0.1) is 23.1 Å². The molecule has 4 rings (SSSR count). The van der Waals surface area contributed by atoms with Gasteiger partial charge in [-0.2, -0.15) is 13.2 Å². The van der Waals surface area contributed by atoms with Crippen LogP contribution < -0.4 is 10.2 Å². The molecule has 2 aliphatic rings. The van der Waals surface area contributed by atoms with Gasteiger partial charge in [0.15, 0.2) is 0 Å². The number of aromatic nitrogens is 1. The highest BCUT2D eigenvalue weighted by Gasteiger charge is 2.36. The molecule has 0 saturated carbocycles. The molecule has 2 unspecified atom stereocenters. The number of pyridine rings is 1. The molecule has 0 radical (unpaired) electrons. The Balaban J connectivity index is 1.54. The molecule has 0 spiro atoms. The lowest BCUT2D eigenvalue weighted by Gasteiger charge is -2.19. The van der Waals surface area contributed by atoms with E-state index in [2.05, 4.69) is 15.2 Å². The Morgan fingerprint density at radius 1 is 1.04 bits per heavy atom. The standard InChI is InChI=1S/C18H18F3N3/c19-18(20,21)15-3-1-2-12(6-15)17-5-4-16(9-23-17)24-10-13-7-22-8-14(13)11-24/h1-6,9,13-14,22H,7-8,10-11H2. The average molecular weight is 333 g/mol. The molecule has 1 N–H and O–H groups in total. The van der Waals surface area contributed by atoms with Gasteiger partial charge in [0.2, 0.25) is 0 Å². The molecule has 2 aliphatic heterocycles. The van der Waals surface area contributed by atoms with Crippen molar-refractivity contribution < 1.29 is 13.2 Å². The summed E-state index contributed by atoms with van der Waals surface area (Å²) in [7, 11) is 0. The van der Waals surface area contributed by atoms with E-state index in [1.807, 2.05) is 6.07 Å². The Kier molecular flexibility index (Phi) is 3.72. The molecule has 1 aromatic heterocycles. The molecule has 2 saturated heterocycles. The number of nitrogens with one attached hydrogen (secondary N) is 1. The number of rotatable bonds is 2. The Labute approximate surface area is 138 Å². The van der Waals surface area contributed by atoms with E-state index in [0.717, 1.165) is 44.0 Å². The molecule has 3 heterocycles. The zero-order chi connectivity index (χ0) is 16.7. The minimum absolute atomic E-state index is 0.485. The van der Waals surface area contributed by atoms with Crippen LogP contribution in [-0.2, 0) is 6.18 Å². The Morgan fingerprint density at radius 3 is 2.42 bits per heavy atom. The third-order valence-electron chi connectivity index (χ3n) is 4.99. The van der Waals surface area contributed by atoms with Crippen molar-refractivity contribution in [3.8, 4) is 11.3 Å². The molecule has 0 amide bonds. The zero-order valence-corrected chi connectivity index (χ0v) is 13.1. The number of nitrogens with zero attached hydrogens (tertiary/aromatic N) is 2. The summed E-state index contributed by atoms with van der Waals surface area (Å²) >= 11 is 0. The second-order valence-corrected chi connectivity index (χ2v) is 6.56. The number of hydrogen-bond acceptors (Lipinski definition) is 3. The van der Waals surface area contributed by atoms with Crippen LogP contribution in [-0.4, -0.2) is 31.2 Å². The highest BCUT2D eigenvalue weighted by Crippen LogP contribution is 2.33. The van der Waals surface area contributed by atoms with Gasteiger partial charge in [-0.1, -0.05) is 12.1 Å². The van der Waals surface area contributed by atoms with Gasteiger partial charge in [-0.05, 0) is 36.1 Å². The summed E-state index contributed by atoms with van der Waals surface area (Å²) in [6.45, 7) is 4.17. The monoisotopic (exact) mass is 333 g/mol. The number of fused-ring (bicyclic) bond motifs is 1. The second kappa shape index (κ2) is 5.77. The van der Waals surface area contributed by atoms with Gasteiger partial charge in [-0.25, -0.2) is 0 Å². The summed E-state index contributed by atoms with van der Waals surface area (Å²) in [6.07, 6.45) is -2.57. The van der Waals surface area contributed by atoms with E-state index in [9.17, 15) is 13.2 Å². The number of anilines is 1. The Bertz CT molecular complexity index is 715. The van der Waals surface area contributed by atoms with Crippen LogP contribution in [0.1, 0.15) is 5.56 Å². The first-order valence-corrected chi connectivity index (χ1v) is 8.10. The summed E-state index contributed by atoms with van der Waals surface area (Å²) in [5, 5.41) is 3.41. The van der Waals surface area contributed by atoms with Crippen molar-refractivity contribution in [1.82, 2.24) is 10.3 Å². The summed E-state index contributed by atoms with van der Waals surface area (Å²) < 4.78 is 38.5. The zero-order valence-electron chi connectivity index (χ0n) is 13.1. The molecule has 3 nitrogen and oxygen atoms in total. The van der Waals surface area contributed by atoms with E-state index in [4.69, 9.17) is 0 Å². The Morgan fingerprint density at radius 2 is 1.79 bits per heavy atom. The van der Waals surface area contributed by atoms with Crippen LogP contribution in [0.2, 0.25) is 0 Å². The molecule has 24 heavy (non-hydrogen) atoms. The fraction of sp³-hybridized carbons (Fsp3) is 0.389. The molecule has 0 aliphatic carbocycles. The fourth-order valence-corrected chi connectivity index (χ4v) is 3.66. The molecule has 2 fully saturated rings. The quantitative estimate of drug-likeness (QED) is 0.913. The maximum absolute atomic E-state index is 12.8. The lowest BCUT2D eigenvalue weighted by Crippen LogP contribution is -2.25. The maximum Gasteiger partial charge on any atom is 0.416 e. The van der Waals surface area contributed by atoms with Gasteiger partial charge in [0.1, 0.15) is 0 Å². The number of benzene rings is 1. The molecule has 126 valence electrons. The van der Waals surface area contributed by atoms with Crippen LogP contribution >= 0.6 is 0 Å². The normalized spacial score (nSPS) is 23.5. The average Bonchev–Trinajstić information content (AvgIpc) is 3.16. The van der Waals surface area contributed by atoms with E-state index in [0.29, 0.717) is 23.1 Å². The van der Waals surface area contributed by atoms with Crippen molar-refractivity contribution in [2.75, 3.05) is 31.1 Å². The Hall–Kier alpha value is -2.08. The fourth-order valence-electron chi connectivity index (χ4n) is 3.66. The summed E-state index contributed by atoms with van der Waals surface area (Å²) in [6, 6.07) is 9.06. The third-order valence-corrected chi connectivity index (χ3v) is 4.99. The smallest absolute Gasteiger partial charge is 0.370 e. The van der Waals surface area contributed by atoms with Crippen molar-refractivity contribution >= 4 is 5.69 Å². The van der Waals surface area contributed by atoms with Gasteiger partial charge in [0.25, 0.3) is 0 Å². The van der Waals surface area contributed by atoms with Gasteiger partial charge >= 0.3 is 6.18 Å². The van der Waals surface area contributed by atoms with Crippen molar-refractivity contribution in [2.45, 2.75) is 6.18 Å². The maximum atomic E-state index is 12.8. The highest BCUT2D eigenvalue weighted by molar-refractivity contribution is 5.62. The van der Waals surface area contributed by atoms with E-state index >= 15 is 0 Å². The van der Waals surface area contributed by atoms with Gasteiger partial charge in [-0.3, -0.25) is 4.98 Å². The molecule has 2 aromatic rings. The van der Waals surface area contributed by atoms with Crippen LogP contribution in [0.5, 0.6) is 0 Å². The molecule has 2 atom stereocenters. The third kappa shape index (κ3) is 2.86. The van der Waals surface area contributed by atoms with Gasteiger partial charge in [0, 0.05) is 31.7 Å². The SMILES string of the molecule is FC(F)(F)c1cccc(-c2ccc(N3CC4CNCC4C3)cn2)c1. The second-order valence-electron chi connectivity index (χ2n) is 6.56. The van der Waals surface area contributed by atoms with Crippen LogP contribution in [0.4, 0.5) is 18.9 Å². The van der Waals surface area contributed by atoms with E-state index in [-0.39, 0.29) is 0 Å². The van der Waals surface area contributed by atoms with E-state index in [1.54, 1.807) is 18.3 Å². The minimum atomic E-state index is -4.34. The number of halogens is 3. The molecular formula is C18H18F3N3. The first-order valence-electron chi connectivity index (χ1n) is 8.10. The first-order chi connectivity index (χ1) is 11.5. The lowest BCUT2D eigenvalue weighted by atomic mass is 10.0. The van der Waals surface area contributed by atoms with Crippen molar-refractivity contribution in [2.24, 2.45) is 11.8 Å². The number of alkyl halides is 3. The van der Waals surface area contributed by atoms with Crippen LogP contribution in [0.3, 0.4) is 0 Å². The number of hydrogen-bond donors (Lipinski definition) is 1. The van der Waals surface area contributed by atoms with Crippen molar-refractivity contribution in [3.05, 3.63) is 48.2 Å². The van der Waals surface area contributed by atoms with Gasteiger partial charge in [-0.15, -0.1) is 0 Å². The molecule has 1 aromatic carbocycles. The van der Waals surface area contributed by atoms with E-state index in [1.165, 1.54) is 6.07 Å². The van der Waals surface area contributed by atoms with Crippen LogP contribution in [0.15, 0.2) is 42.6 Å². The van der Waals surface area contributed by atoms with Crippen molar-refractivity contribution in [3.63, 3.8) is 0 Å². The summed E-state index contributed by atoms with van der Waals surface area (Å²) in [5.74, 6) is 1.38. The molecular weight excluding hydrogens is 315 g/mol. The van der Waals surface area contributed by atoms with Gasteiger partial charge < -0.3 is 10.2 Å². The lowest BCUT2D eigenvalue weighted by molar-refractivity contribution is -0.137. The highest BCUT2D eigenvalue weighted by atomic mass is 19.4. The molecule has 0 bridgehead atoms. The largest absolute Gasteiger partial charge is 0.416 e.